The molecule has 2 amide bonds. The molecule has 25 heavy (non-hydrogen) atoms. The van der Waals surface area contributed by atoms with Gasteiger partial charge in [-0.3, -0.25) is 29.4 Å². The van der Waals surface area contributed by atoms with Crippen LogP contribution >= 0.6 is 0 Å². The number of hydrogen-bond donors (Lipinski definition) is 0. The highest BCUT2D eigenvalue weighted by Crippen LogP contribution is 2.35. The zero-order valence-corrected chi connectivity index (χ0v) is 13.3. The first-order valence-corrected chi connectivity index (χ1v) is 7.92. The number of rotatable bonds is 5. The molecule has 0 aromatic heterocycles. The Hall–Kier alpha value is -3.03. The van der Waals surface area contributed by atoms with Crippen molar-refractivity contribution in [3.63, 3.8) is 0 Å². The zero-order chi connectivity index (χ0) is 18.0. The van der Waals surface area contributed by atoms with Crippen molar-refractivity contribution in [2.45, 2.75) is 19.3 Å². The van der Waals surface area contributed by atoms with E-state index in [0.29, 0.717) is 12.8 Å². The first kappa shape index (κ1) is 16.8. The molecule has 0 N–H and O–H groups in total. The molecule has 130 valence electrons. The van der Waals surface area contributed by atoms with Crippen LogP contribution in [0.15, 0.2) is 36.4 Å². The molecular weight excluding hydrogens is 328 g/mol. The minimum absolute atomic E-state index is 0.0432. The Morgan fingerprint density at radius 1 is 1.20 bits per heavy atom. The van der Waals surface area contributed by atoms with E-state index in [-0.39, 0.29) is 48.1 Å². The Bertz CT molecular complexity index is 746. The third kappa shape index (κ3) is 3.42. The monoisotopic (exact) mass is 344 g/mol. The molecule has 2 atom stereocenters. The summed E-state index contributed by atoms with van der Waals surface area (Å²) in [6.07, 6.45) is 4.72. The third-order valence-electron chi connectivity index (χ3n) is 4.40. The Kier molecular flexibility index (Phi) is 4.60. The Morgan fingerprint density at radius 2 is 1.84 bits per heavy atom. The molecule has 1 aliphatic heterocycles. The number of esters is 1. The molecule has 2 aliphatic rings. The van der Waals surface area contributed by atoms with E-state index in [1.165, 1.54) is 18.2 Å². The summed E-state index contributed by atoms with van der Waals surface area (Å²) in [5, 5.41) is 10.7. The molecule has 8 heteroatoms. The molecule has 1 fully saturated rings. The molecule has 0 unspecified atom stereocenters. The first-order chi connectivity index (χ1) is 12.0. The Labute approximate surface area is 143 Å². The van der Waals surface area contributed by atoms with Gasteiger partial charge in [-0.25, -0.2) is 0 Å². The first-order valence-electron chi connectivity index (χ1n) is 7.92. The molecule has 0 radical (unpaired) electrons. The van der Waals surface area contributed by atoms with Gasteiger partial charge >= 0.3 is 5.97 Å². The number of imide groups is 1. The maximum atomic E-state index is 12.3. The van der Waals surface area contributed by atoms with Gasteiger partial charge in [0.05, 0.1) is 29.2 Å². The lowest BCUT2D eigenvalue weighted by Gasteiger charge is -2.14. The van der Waals surface area contributed by atoms with Crippen molar-refractivity contribution in [1.29, 1.82) is 0 Å². The minimum Gasteiger partial charge on any atom is -0.426 e. The van der Waals surface area contributed by atoms with Crippen molar-refractivity contribution in [3.05, 3.63) is 46.5 Å². The van der Waals surface area contributed by atoms with Gasteiger partial charge < -0.3 is 4.74 Å². The highest BCUT2D eigenvalue weighted by molar-refractivity contribution is 6.05. The predicted octanol–water partition coefficient (Wildman–Crippen LogP) is 1.84. The van der Waals surface area contributed by atoms with E-state index in [9.17, 15) is 24.5 Å². The average molecular weight is 344 g/mol. The number of non-ortho nitro benzene ring substituents is 1. The van der Waals surface area contributed by atoms with Crippen molar-refractivity contribution in [2.24, 2.45) is 11.8 Å². The third-order valence-corrected chi connectivity index (χ3v) is 4.40. The molecule has 8 nitrogen and oxygen atoms in total. The minimum atomic E-state index is -0.658. The van der Waals surface area contributed by atoms with Crippen LogP contribution in [0.25, 0.3) is 0 Å². The van der Waals surface area contributed by atoms with Crippen LogP contribution in [-0.4, -0.2) is 34.2 Å². The van der Waals surface area contributed by atoms with Crippen LogP contribution in [-0.2, 0) is 14.4 Å². The highest BCUT2D eigenvalue weighted by Gasteiger charge is 2.46. The Balaban J connectivity index is 1.58. The second-order valence-electron chi connectivity index (χ2n) is 5.96. The second kappa shape index (κ2) is 6.84. The lowest BCUT2D eigenvalue weighted by atomic mass is 9.85. The van der Waals surface area contributed by atoms with Gasteiger partial charge in [0, 0.05) is 12.6 Å². The number of hydrogen-bond acceptors (Lipinski definition) is 6. The van der Waals surface area contributed by atoms with Crippen molar-refractivity contribution in [1.82, 2.24) is 4.90 Å². The summed E-state index contributed by atoms with van der Waals surface area (Å²) in [6.45, 7) is -0.0432. The summed E-state index contributed by atoms with van der Waals surface area (Å²) < 4.78 is 5.05. The van der Waals surface area contributed by atoms with E-state index in [2.05, 4.69) is 0 Å². The van der Waals surface area contributed by atoms with Gasteiger partial charge in [-0.2, -0.15) is 0 Å². The van der Waals surface area contributed by atoms with Gasteiger partial charge in [0.1, 0.15) is 5.75 Å². The second-order valence-corrected chi connectivity index (χ2v) is 5.96. The SMILES string of the molecule is O=C(CCN1C(=O)[C@@H]2CC=CC[C@H]2C1=O)Oc1cccc([N+](=O)[O-])c1. The molecule has 1 saturated heterocycles. The Morgan fingerprint density at radius 3 is 2.44 bits per heavy atom. The molecule has 3 rings (SSSR count). The van der Waals surface area contributed by atoms with E-state index in [1.807, 2.05) is 12.2 Å². The summed E-state index contributed by atoms with van der Waals surface area (Å²) >= 11 is 0. The number of ether oxygens (including phenoxy) is 1. The number of fused-ring (bicyclic) bond motifs is 1. The number of benzene rings is 1. The number of carbonyl (C=O) groups excluding carboxylic acids is 3. The van der Waals surface area contributed by atoms with Crippen molar-refractivity contribution in [2.75, 3.05) is 6.54 Å². The van der Waals surface area contributed by atoms with E-state index < -0.39 is 10.9 Å². The maximum Gasteiger partial charge on any atom is 0.313 e. The number of carbonyl (C=O) groups is 3. The fourth-order valence-corrected chi connectivity index (χ4v) is 3.14. The lowest BCUT2D eigenvalue weighted by Crippen LogP contribution is -2.33. The van der Waals surface area contributed by atoms with Crippen LogP contribution in [0.1, 0.15) is 19.3 Å². The number of likely N-dealkylation sites (tertiary alicyclic amines) is 1. The molecule has 0 spiro atoms. The fourth-order valence-electron chi connectivity index (χ4n) is 3.14. The predicted molar refractivity (Wildman–Crippen MR) is 85.4 cm³/mol. The molecular formula is C17H16N2O6. The summed E-state index contributed by atoms with van der Waals surface area (Å²) in [5.74, 6) is -1.76. The lowest BCUT2D eigenvalue weighted by molar-refractivity contribution is -0.384. The summed E-state index contributed by atoms with van der Waals surface area (Å²) in [7, 11) is 0. The molecule has 1 aromatic rings. The number of nitrogens with zero attached hydrogens (tertiary/aromatic N) is 2. The van der Waals surface area contributed by atoms with Crippen LogP contribution in [0.4, 0.5) is 5.69 Å². The smallest absolute Gasteiger partial charge is 0.313 e. The van der Waals surface area contributed by atoms with Crippen LogP contribution in [0.2, 0.25) is 0 Å². The molecule has 0 saturated carbocycles. The van der Waals surface area contributed by atoms with Gasteiger partial charge in [0.25, 0.3) is 5.69 Å². The quantitative estimate of drug-likeness (QED) is 0.201. The largest absolute Gasteiger partial charge is 0.426 e. The number of amides is 2. The van der Waals surface area contributed by atoms with E-state index in [0.717, 1.165) is 11.0 Å². The molecule has 0 bridgehead atoms. The summed E-state index contributed by atoms with van der Waals surface area (Å²) in [5.41, 5.74) is -0.188. The highest BCUT2D eigenvalue weighted by atomic mass is 16.6. The molecule has 1 heterocycles. The van der Waals surface area contributed by atoms with E-state index in [1.54, 1.807) is 0 Å². The van der Waals surface area contributed by atoms with Crippen molar-refractivity contribution < 1.29 is 24.0 Å². The van der Waals surface area contributed by atoms with Gasteiger partial charge in [-0.05, 0) is 18.9 Å². The summed E-state index contributed by atoms with van der Waals surface area (Å²) in [6, 6.07) is 5.27. The fraction of sp³-hybridized carbons (Fsp3) is 0.353. The average Bonchev–Trinajstić information content (AvgIpc) is 2.85. The van der Waals surface area contributed by atoms with Crippen molar-refractivity contribution >= 4 is 23.5 Å². The number of nitro groups is 1. The van der Waals surface area contributed by atoms with E-state index >= 15 is 0 Å². The van der Waals surface area contributed by atoms with Gasteiger partial charge in [0.15, 0.2) is 0 Å². The molecule has 1 aliphatic carbocycles. The van der Waals surface area contributed by atoms with Gasteiger partial charge in [-0.15, -0.1) is 0 Å². The van der Waals surface area contributed by atoms with Gasteiger partial charge in [-0.1, -0.05) is 18.2 Å². The van der Waals surface area contributed by atoms with Crippen LogP contribution < -0.4 is 4.74 Å². The van der Waals surface area contributed by atoms with Crippen LogP contribution in [0, 0.1) is 22.0 Å². The van der Waals surface area contributed by atoms with E-state index in [4.69, 9.17) is 4.74 Å². The zero-order valence-electron chi connectivity index (χ0n) is 13.3. The molecule has 1 aromatic carbocycles. The maximum absolute atomic E-state index is 12.3. The van der Waals surface area contributed by atoms with Crippen LogP contribution in [0.5, 0.6) is 5.75 Å². The van der Waals surface area contributed by atoms with Crippen LogP contribution in [0.3, 0.4) is 0 Å². The summed E-state index contributed by atoms with van der Waals surface area (Å²) in [4.78, 5) is 47.7. The number of allylic oxidation sites excluding steroid dienone is 2. The topological polar surface area (TPSA) is 107 Å². The number of nitro benzene ring substituents is 1. The normalized spacial score (nSPS) is 22.0. The standard InChI is InChI=1S/C17H16N2O6/c20-15(25-12-5-3-4-11(10-12)19(23)24)8-9-18-16(21)13-6-1-2-7-14(13)17(18)22/h1-5,10,13-14H,6-9H2/t13-,14-/m1/s1. The van der Waals surface area contributed by atoms with Crippen molar-refractivity contribution in [3.8, 4) is 5.75 Å². The van der Waals surface area contributed by atoms with Gasteiger partial charge in [0.2, 0.25) is 11.8 Å².